The number of nitrogens with zero attached hydrogens (tertiary/aromatic N) is 3. The van der Waals surface area contributed by atoms with Crippen LogP contribution in [0.1, 0.15) is 32.3 Å². The van der Waals surface area contributed by atoms with E-state index in [0.717, 1.165) is 29.2 Å². The zero-order chi connectivity index (χ0) is 20.8. The molecule has 2 aliphatic heterocycles. The fourth-order valence-electron chi connectivity index (χ4n) is 4.88. The Morgan fingerprint density at radius 3 is 3.00 bits per heavy atom. The first-order valence-corrected chi connectivity index (χ1v) is 12.2. The highest BCUT2D eigenvalue weighted by molar-refractivity contribution is 8.00. The van der Waals surface area contributed by atoms with Crippen LogP contribution in [0.3, 0.4) is 0 Å². The number of fused-ring (bicyclic) bond motifs is 2. The predicted molar refractivity (Wildman–Crippen MR) is 120 cm³/mol. The molecule has 5 rings (SSSR count). The molecule has 4 heterocycles. The summed E-state index contributed by atoms with van der Waals surface area (Å²) in [5.74, 6) is -0.652. The summed E-state index contributed by atoms with van der Waals surface area (Å²) in [7, 11) is 0. The van der Waals surface area contributed by atoms with Gasteiger partial charge in [0, 0.05) is 28.7 Å². The average molecular weight is 447 g/mol. The first-order chi connectivity index (χ1) is 14.6. The van der Waals surface area contributed by atoms with E-state index in [0.29, 0.717) is 21.9 Å². The van der Waals surface area contributed by atoms with Crippen LogP contribution in [0.2, 0.25) is 0 Å². The second-order valence-electron chi connectivity index (χ2n) is 8.05. The van der Waals surface area contributed by atoms with Crippen LogP contribution in [0.25, 0.3) is 10.2 Å². The number of rotatable bonds is 4. The van der Waals surface area contributed by atoms with Gasteiger partial charge in [0.1, 0.15) is 16.2 Å². The normalized spacial score (nSPS) is 24.3. The molecule has 3 aromatic rings. The Labute approximate surface area is 183 Å². The second-order valence-corrected chi connectivity index (χ2v) is 10.2. The van der Waals surface area contributed by atoms with E-state index >= 15 is 0 Å². The van der Waals surface area contributed by atoms with E-state index in [9.17, 15) is 8.78 Å². The maximum absolute atomic E-state index is 14.9. The topological polar surface area (TPSA) is 41.0 Å². The van der Waals surface area contributed by atoms with Crippen molar-refractivity contribution in [3.63, 3.8) is 0 Å². The molecule has 0 spiro atoms. The van der Waals surface area contributed by atoms with Crippen molar-refractivity contribution in [2.75, 3.05) is 18.4 Å². The molecule has 1 aromatic carbocycles. The second kappa shape index (κ2) is 8.05. The van der Waals surface area contributed by atoms with Gasteiger partial charge >= 0.3 is 0 Å². The van der Waals surface area contributed by atoms with Gasteiger partial charge < -0.3 is 10.2 Å². The zero-order valence-corrected chi connectivity index (χ0v) is 18.6. The fourth-order valence-corrected chi connectivity index (χ4v) is 7.11. The Kier molecular flexibility index (Phi) is 5.41. The van der Waals surface area contributed by atoms with Crippen molar-refractivity contribution in [2.45, 2.75) is 49.4 Å². The molecule has 1 saturated heterocycles. The number of benzene rings is 1. The number of thiazole rings is 1. The minimum atomic E-state index is -0.640. The summed E-state index contributed by atoms with van der Waals surface area (Å²) in [6, 6.07) is 3.70. The van der Waals surface area contributed by atoms with Crippen LogP contribution in [0.5, 0.6) is 0 Å². The number of halogens is 2. The largest absolute Gasteiger partial charge is 0.350 e. The van der Waals surface area contributed by atoms with Gasteiger partial charge in [-0.3, -0.25) is 0 Å². The number of piperidine rings is 1. The van der Waals surface area contributed by atoms with Gasteiger partial charge in [-0.05, 0) is 57.3 Å². The molecule has 2 aromatic heterocycles. The molecule has 1 fully saturated rings. The first kappa shape index (κ1) is 20.2. The molecule has 0 amide bonds. The number of nitrogens with one attached hydrogen (secondary N) is 1. The third-order valence-corrected chi connectivity index (χ3v) is 8.70. The van der Waals surface area contributed by atoms with Crippen LogP contribution >= 0.6 is 23.1 Å². The Morgan fingerprint density at radius 1 is 1.30 bits per heavy atom. The molecular weight excluding hydrogens is 422 g/mol. The van der Waals surface area contributed by atoms with Gasteiger partial charge in [0.25, 0.3) is 0 Å². The number of aromatic nitrogens is 2. The van der Waals surface area contributed by atoms with Crippen LogP contribution in [-0.2, 0) is 6.42 Å². The van der Waals surface area contributed by atoms with Crippen molar-refractivity contribution in [3.05, 3.63) is 41.0 Å². The standard InChI is InChI=1S/C22H24F2N4S2/c1-3-28-8-4-5-13(12(28)2)17-9-14-16(6-7-25-22(14)30-17)27-20-15(23)10-18-21(19(20)24)26-11-29-18/h6-7,10-13,17H,3-5,8-9H2,1-2H3,(H,25,27)/t12-,13+,17?/m0/s1. The monoisotopic (exact) mass is 446 g/mol. The lowest BCUT2D eigenvalue weighted by molar-refractivity contribution is 0.110. The average Bonchev–Trinajstić information content (AvgIpc) is 3.38. The molecule has 30 heavy (non-hydrogen) atoms. The molecule has 0 saturated carbocycles. The number of anilines is 2. The minimum Gasteiger partial charge on any atom is -0.350 e. The third kappa shape index (κ3) is 3.39. The third-order valence-electron chi connectivity index (χ3n) is 6.53. The minimum absolute atomic E-state index is 0.140. The smallest absolute Gasteiger partial charge is 0.176 e. The van der Waals surface area contributed by atoms with Crippen molar-refractivity contribution in [3.8, 4) is 0 Å². The highest BCUT2D eigenvalue weighted by Crippen LogP contribution is 2.46. The summed E-state index contributed by atoms with van der Waals surface area (Å²) in [5, 5.41) is 4.44. The Balaban J connectivity index is 1.43. The molecular formula is C22H24F2N4S2. The van der Waals surface area contributed by atoms with Gasteiger partial charge in [0.05, 0.1) is 10.2 Å². The van der Waals surface area contributed by atoms with Crippen LogP contribution < -0.4 is 5.32 Å². The summed E-state index contributed by atoms with van der Waals surface area (Å²) in [6.07, 6.45) is 5.02. The van der Waals surface area contributed by atoms with Gasteiger partial charge in [0.15, 0.2) is 11.6 Å². The summed E-state index contributed by atoms with van der Waals surface area (Å²) < 4.78 is 30.1. The molecule has 8 heteroatoms. The van der Waals surface area contributed by atoms with E-state index in [-0.39, 0.29) is 11.2 Å². The number of hydrogen-bond donors (Lipinski definition) is 1. The van der Waals surface area contributed by atoms with E-state index in [4.69, 9.17) is 0 Å². The lowest BCUT2D eigenvalue weighted by Crippen LogP contribution is -2.46. The lowest BCUT2D eigenvalue weighted by Gasteiger charge is -2.41. The summed E-state index contributed by atoms with van der Waals surface area (Å²) in [5.41, 5.74) is 3.40. The summed E-state index contributed by atoms with van der Waals surface area (Å²) >= 11 is 3.05. The van der Waals surface area contributed by atoms with Crippen molar-refractivity contribution >= 4 is 44.7 Å². The Morgan fingerprint density at radius 2 is 2.17 bits per heavy atom. The molecule has 3 atom stereocenters. The van der Waals surface area contributed by atoms with Crippen LogP contribution in [-0.4, -0.2) is 39.2 Å². The van der Waals surface area contributed by atoms with Gasteiger partial charge in [-0.15, -0.1) is 23.1 Å². The highest BCUT2D eigenvalue weighted by atomic mass is 32.2. The summed E-state index contributed by atoms with van der Waals surface area (Å²) in [4.78, 5) is 11.2. The maximum Gasteiger partial charge on any atom is 0.176 e. The Hall–Kier alpha value is -1.77. The molecule has 0 bridgehead atoms. The molecule has 0 aliphatic carbocycles. The molecule has 1 unspecified atom stereocenters. The SMILES string of the molecule is CCN1CCC[C@@H](C2Cc3c(Nc4c(F)cc5scnc5c4F)ccnc3S2)[C@@H]1C. The quantitative estimate of drug-likeness (QED) is 0.544. The van der Waals surface area contributed by atoms with Gasteiger partial charge in [-0.2, -0.15) is 0 Å². The van der Waals surface area contributed by atoms with Crippen LogP contribution in [0.4, 0.5) is 20.2 Å². The van der Waals surface area contributed by atoms with E-state index in [1.54, 1.807) is 6.20 Å². The van der Waals surface area contributed by atoms with E-state index in [1.165, 1.54) is 42.3 Å². The fraction of sp³-hybridized carbons (Fsp3) is 0.455. The first-order valence-electron chi connectivity index (χ1n) is 10.4. The van der Waals surface area contributed by atoms with Gasteiger partial charge in [-0.25, -0.2) is 18.7 Å². The van der Waals surface area contributed by atoms with Crippen LogP contribution in [0.15, 0.2) is 28.9 Å². The molecule has 4 nitrogen and oxygen atoms in total. The maximum atomic E-state index is 14.9. The van der Waals surface area contributed by atoms with Crippen LogP contribution in [0, 0.1) is 17.6 Å². The molecule has 2 aliphatic rings. The van der Waals surface area contributed by atoms with E-state index in [1.807, 2.05) is 17.8 Å². The Bertz CT molecular complexity index is 1090. The van der Waals surface area contributed by atoms with Crippen molar-refractivity contribution in [1.82, 2.24) is 14.9 Å². The molecule has 158 valence electrons. The van der Waals surface area contributed by atoms with E-state index in [2.05, 4.69) is 34.0 Å². The number of likely N-dealkylation sites (tertiary alicyclic amines) is 1. The lowest BCUT2D eigenvalue weighted by atomic mass is 9.85. The zero-order valence-electron chi connectivity index (χ0n) is 17.0. The van der Waals surface area contributed by atoms with Gasteiger partial charge in [-0.1, -0.05) is 6.92 Å². The van der Waals surface area contributed by atoms with Crippen molar-refractivity contribution < 1.29 is 8.78 Å². The number of pyridine rings is 1. The molecule has 1 N–H and O–H groups in total. The van der Waals surface area contributed by atoms with Crippen molar-refractivity contribution in [1.29, 1.82) is 0 Å². The highest BCUT2D eigenvalue weighted by Gasteiger charge is 2.38. The molecule has 0 radical (unpaired) electrons. The van der Waals surface area contributed by atoms with Crippen molar-refractivity contribution in [2.24, 2.45) is 5.92 Å². The predicted octanol–water partition coefficient (Wildman–Crippen LogP) is 5.85. The summed E-state index contributed by atoms with van der Waals surface area (Å²) in [6.45, 7) is 6.80. The van der Waals surface area contributed by atoms with E-state index < -0.39 is 11.6 Å². The number of thioether (sulfide) groups is 1. The number of hydrogen-bond acceptors (Lipinski definition) is 6. The van der Waals surface area contributed by atoms with Gasteiger partial charge in [0.2, 0.25) is 0 Å².